The lowest BCUT2D eigenvalue weighted by Crippen LogP contribution is -2.27. The summed E-state index contributed by atoms with van der Waals surface area (Å²) in [7, 11) is 0. The van der Waals surface area contributed by atoms with Gasteiger partial charge in [0.05, 0.1) is 6.61 Å². The van der Waals surface area contributed by atoms with E-state index in [1.807, 2.05) is 24.3 Å². The van der Waals surface area contributed by atoms with E-state index in [1.54, 1.807) is 0 Å². The van der Waals surface area contributed by atoms with Crippen LogP contribution in [0.3, 0.4) is 0 Å². The molecule has 1 aliphatic heterocycles. The standard InChI is InChI=1S/C16H25NO4/c17-9-14-3-1-2-4-16(14)21-12-15(18)11-20-10-13-5-7-19-8-6-13/h1-4,13,15,18H,5-12,17H2. The number of aliphatic hydroxyl groups excluding tert-OH is 1. The predicted molar refractivity (Wildman–Crippen MR) is 80.2 cm³/mol. The van der Waals surface area contributed by atoms with Gasteiger partial charge in [-0.25, -0.2) is 0 Å². The van der Waals surface area contributed by atoms with Crippen molar-refractivity contribution < 1.29 is 19.3 Å². The molecular formula is C16H25NO4. The van der Waals surface area contributed by atoms with Crippen molar-refractivity contribution in [3.8, 4) is 5.75 Å². The molecule has 118 valence electrons. The molecule has 1 aromatic carbocycles. The monoisotopic (exact) mass is 295 g/mol. The predicted octanol–water partition coefficient (Wildman–Crippen LogP) is 1.33. The number of benzene rings is 1. The van der Waals surface area contributed by atoms with Gasteiger partial charge in [-0.1, -0.05) is 18.2 Å². The summed E-state index contributed by atoms with van der Waals surface area (Å²) >= 11 is 0. The van der Waals surface area contributed by atoms with Crippen molar-refractivity contribution in [1.82, 2.24) is 0 Å². The molecule has 0 spiro atoms. The fourth-order valence-corrected chi connectivity index (χ4v) is 2.33. The average molecular weight is 295 g/mol. The molecule has 0 radical (unpaired) electrons. The third-order valence-corrected chi connectivity index (χ3v) is 3.63. The summed E-state index contributed by atoms with van der Waals surface area (Å²) in [5.74, 6) is 1.27. The first-order chi connectivity index (χ1) is 10.3. The quantitative estimate of drug-likeness (QED) is 0.757. The topological polar surface area (TPSA) is 73.9 Å². The van der Waals surface area contributed by atoms with Crippen LogP contribution in [0.5, 0.6) is 5.75 Å². The molecule has 1 unspecified atom stereocenters. The SMILES string of the molecule is NCc1ccccc1OCC(O)COCC1CCOCC1. The van der Waals surface area contributed by atoms with Gasteiger partial charge in [-0.3, -0.25) is 0 Å². The molecule has 3 N–H and O–H groups in total. The number of hydrogen-bond donors (Lipinski definition) is 2. The van der Waals surface area contributed by atoms with E-state index in [9.17, 15) is 5.11 Å². The highest BCUT2D eigenvalue weighted by Gasteiger charge is 2.15. The second-order valence-corrected chi connectivity index (χ2v) is 5.37. The van der Waals surface area contributed by atoms with Crippen LogP contribution in [0.1, 0.15) is 18.4 Å². The Bertz CT molecular complexity index is 407. The third-order valence-electron chi connectivity index (χ3n) is 3.63. The van der Waals surface area contributed by atoms with Gasteiger partial charge in [0.2, 0.25) is 0 Å². The van der Waals surface area contributed by atoms with E-state index in [0.717, 1.165) is 37.4 Å². The van der Waals surface area contributed by atoms with Crippen LogP contribution in [-0.2, 0) is 16.0 Å². The fraction of sp³-hybridized carbons (Fsp3) is 0.625. The fourth-order valence-electron chi connectivity index (χ4n) is 2.33. The molecule has 1 heterocycles. The molecule has 5 nitrogen and oxygen atoms in total. The molecule has 5 heteroatoms. The second-order valence-electron chi connectivity index (χ2n) is 5.37. The lowest BCUT2D eigenvalue weighted by molar-refractivity contribution is -0.0204. The Morgan fingerprint density at radius 1 is 1.24 bits per heavy atom. The van der Waals surface area contributed by atoms with E-state index in [0.29, 0.717) is 25.7 Å². The van der Waals surface area contributed by atoms with Crippen LogP contribution in [0.25, 0.3) is 0 Å². The maximum Gasteiger partial charge on any atom is 0.123 e. The van der Waals surface area contributed by atoms with E-state index in [1.165, 1.54) is 0 Å². The molecule has 1 atom stereocenters. The highest BCUT2D eigenvalue weighted by molar-refractivity contribution is 5.32. The summed E-state index contributed by atoms with van der Waals surface area (Å²) in [6.07, 6.45) is 1.45. The van der Waals surface area contributed by atoms with Crippen LogP contribution in [0.2, 0.25) is 0 Å². The number of para-hydroxylation sites is 1. The molecule has 0 saturated carbocycles. The minimum atomic E-state index is -0.629. The molecular weight excluding hydrogens is 270 g/mol. The third kappa shape index (κ3) is 5.63. The summed E-state index contributed by atoms with van der Waals surface area (Å²) in [6, 6.07) is 7.59. The van der Waals surface area contributed by atoms with Gasteiger partial charge in [-0.2, -0.15) is 0 Å². The van der Waals surface area contributed by atoms with Gasteiger partial charge in [-0.15, -0.1) is 0 Å². The van der Waals surface area contributed by atoms with Gasteiger partial charge < -0.3 is 25.1 Å². The van der Waals surface area contributed by atoms with Crippen molar-refractivity contribution in [3.05, 3.63) is 29.8 Å². The van der Waals surface area contributed by atoms with Crippen molar-refractivity contribution in [2.45, 2.75) is 25.5 Å². The zero-order chi connectivity index (χ0) is 14.9. The van der Waals surface area contributed by atoms with Gasteiger partial charge in [0.25, 0.3) is 0 Å². The highest BCUT2D eigenvalue weighted by Crippen LogP contribution is 2.17. The lowest BCUT2D eigenvalue weighted by Gasteiger charge is -2.22. The molecule has 0 aliphatic carbocycles. The Balaban J connectivity index is 1.63. The summed E-state index contributed by atoms with van der Waals surface area (Å²) in [4.78, 5) is 0. The van der Waals surface area contributed by atoms with Crippen molar-refractivity contribution >= 4 is 0 Å². The summed E-state index contributed by atoms with van der Waals surface area (Å²) < 4.78 is 16.5. The van der Waals surface area contributed by atoms with Gasteiger partial charge >= 0.3 is 0 Å². The maximum absolute atomic E-state index is 9.90. The molecule has 0 amide bonds. The van der Waals surface area contributed by atoms with E-state index in [4.69, 9.17) is 19.9 Å². The Kier molecular flexibility index (Phi) is 6.95. The molecule has 1 saturated heterocycles. The van der Waals surface area contributed by atoms with Crippen molar-refractivity contribution in [2.24, 2.45) is 11.7 Å². The van der Waals surface area contributed by atoms with Gasteiger partial charge in [-0.05, 0) is 24.8 Å². The Labute approximate surface area is 126 Å². The second kappa shape index (κ2) is 9.00. The number of ether oxygens (including phenoxy) is 3. The Morgan fingerprint density at radius 3 is 2.76 bits per heavy atom. The zero-order valence-corrected chi connectivity index (χ0v) is 12.4. The normalized spacial score (nSPS) is 17.6. The van der Waals surface area contributed by atoms with Gasteiger partial charge in [0.15, 0.2) is 0 Å². The molecule has 0 bridgehead atoms. The largest absolute Gasteiger partial charge is 0.490 e. The van der Waals surface area contributed by atoms with E-state index >= 15 is 0 Å². The Morgan fingerprint density at radius 2 is 2.00 bits per heavy atom. The van der Waals surface area contributed by atoms with E-state index in [2.05, 4.69) is 0 Å². The number of nitrogens with two attached hydrogens (primary N) is 1. The van der Waals surface area contributed by atoms with Gasteiger partial charge in [0.1, 0.15) is 18.5 Å². The average Bonchev–Trinajstić information content (AvgIpc) is 2.54. The van der Waals surface area contributed by atoms with Crippen LogP contribution in [-0.4, -0.2) is 44.2 Å². The molecule has 1 aromatic rings. The highest BCUT2D eigenvalue weighted by atomic mass is 16.5. The first kappa shape index (κ1) is 16.2. The minimum absolute atomic E-state index is 0.213. The first-order valence-corrected chi connectivity index (χ1v) is 7.54. The smallest absolute Gasteiger partial charge is 0.123 e. The van der Waals surface area contributed by atoms with Crippen LogP contribution in [0.15, 0.2) is 24.3 Å². The summed E-state index contributed by atoms with van der Waals surface area (Å²) in [5, 5.41) is 9.90. The molecule has 1 aliphatic rings. The summed E-state index contributed by atoms with van der Waals surface area (Å²) in [6.45, 7) is 3.24. The number of hydrogen-bond acceptors (Lipinski definition) is 5. The first-order valence-electron chi connectivity index (χ1n) is 7.54. The maximum atomic E-state index is 9.90. The van der Waals surface area contributed by atoms with Crippen molar-refractivity contribution in [2.75, 3.05) is 33.0 Å². The van der Waals surface area contributed by atoms with Crippen molar-refractivity contribution in [1.29, 1.82) is 0 Å². The summed E-state index contributed by atoms with van der Waals surface area (Å²) in [5.41, 5.74) is 6.58. The molecule has 2 rings (SSSR count). The molecule has 21 heavy (non-hydrogen) atoms. The van der Waals surface area contributed by atoms with Crippen LogP contribution >= 0.6 is 0 Å². The number of rotatable bonds is 8. The van der Waals surface area contributed by atoms with Crippen molar-refractivity contribution in [3.63, 3.8) is 0 Å². The van der Waals surface area contributed by atoms with Crippen LogP contribution in [0.4, 0.5) is 0 Å². The Hall–Kier alpha value is -1.14. The lowest BCUT2D eigenvalue weighted by atomic mass is 10.0. The molecule has 0 aromatic heterocycles. The van der Waals surface area contributed by atoms with Crippen LogP contribution in [0, 0.1) is 5.92 Å². The zero-order valence-electron chi connectivity index (χ0n) is 12.4. The minimum Gasteiger partial charge on any atom is -0.490 e. The van der Waals surface area contributed by atoms with E-state index < -0.39 is 6.10 Å². The number of aliphatic hydroxyl groups is 1. The van der Waals surface area contributed by atoms with Gasteiger partial charge in [0, 0.05) is 31.9 Å². The molecule has 1 fully saturated rings. The van der Waals surface area contributed by atoms with E-state index in [-0.39, 0.29) is 6.61 Å². The van der Waals surface area contributed by atoms with Crippen LogP contribution < -0.4 is 10.5 Å².